The Kier molecular flexibility index (Phi) is 4.16. The average molecular weight is 312 g/mol. The Bertz CT molecular complexity index is 677. The Labute approximate surface area is 123 Å². The second-order valence-corrected chi connectivity index (χ2v) is 4.45. The Balaban J connectivity index is 2.36. The first kappa shape index (κ1) is 14.2. The number of anilines is 1. The summed E-state index contributed by atoms with van der Waals surface area (Å²) in [7, 11) is 0. The Morgan fingerprint density at radius 1 is 1.20 bits per heavy atom. The maximum Gasteiger partial charge on any atom is 0.335 e. The average Bonchev–Trinajstić information content (AvgIpc) is 2.42. The van der Waals surface area contributed by atoms with Crippen LogP contribution in [0.1, 0.15) is 20.7 Å². The lowest BCUT2D eigenvalue weighted by molar-refractivity contribution is 0.0697. The van der Waals surface area contributed by atoms with Crippen LogP contribution in [0.3, 0.4) is 0 Å². The molecular formula is C12H7Cl2N3O3. The number of halogens is 2. The van der Waals surface area contributed by atoms with Crippen LogP contribution in [0.2, 0.25) is 10.0 Å². The van der Waals surface area contributed by atoms with E-state index in [1.807, 2.05) is 0 Å². The molecule has 1 amide bonds. The Hall–Kier alpha value is -2.18. The highest BCUT2D eigenvalue weighted by Gasteiger charge is 2.17. The normalized spacial score (nSPS) is 10.1. The van der Waals surface area contributed by atoms with Crippen LogP contribution in [-0.2, 0) is 0 Å². The molecule has 0 unspecified atom stereocenters. The maximum absolute atomic E-state index is 12.0. The molecule has 1 heterocycles. The minimum absolute atomic E-state index is 0.0177. The molecule has 1 aromatic carbocycles. The van der Waals surface area contributed by atoms with Gasteiger partial charge in [0.25, 0.3) is 5.91 Å². The van der Waals surface area contributed by atoms with Crippen molar-refractivity contribution in [1.29, 1.82) is 0 Å². The van der Waals surface area contributed by atoms with E-state index in [-0.39, 0.29) is 27.0 Å². The van der Waals surface area contributed by atoms with Crippen LogP contribution in [0, 0.1) is 0 Å². The molecule has 0 saturated heterocycles. The molecule has 0 aliphatic carbocycles. The first-order valence-corrected chi connectivity index (χ1v) is 6.04. The number of aromatic carboxylic acids is 1. The van der Waals surface area contributed by atoms with E-state index >= 15 is 0 Å². The molecule has 0 saturated carbocycles. The second kappa shape index (κ2) is 5.85. The number of carboxylic acid groups (broad SMARTS) is 1. The zero-order chi connectivity index (χ0) is 14.7. The molecule has 0 radical (unpaired) electrons. The van der Waals surface area contributed by atoms with Gasteiger partial charge in [0.1, 0.15) is 0 Å². The summed E-state index contributed by atoms with van der Waals surface area (Å²) in [5, 5.41) is 11.3. The van der Waals surface area contributed by atoms with Crippen molar-refractivity contribution >= 4 is 40.9 Å². The molecule has 0 aliphatic rings. The molecule has 102 valence electrons. The lowest BCUT2D eigenvalue weighted by Crippen LogP contribution is -2.14. The molecular weight excluding hydrogens is 305 g/mol. The smallest absolute Gasteiger partial charge is 0.335 e. The monoisotopic (exact) mass is 311 g/mol. The summed E-state index contributed by atoms with van der Waals surface area (Å²) in [6.45, 7) is 0. The molecule has 2 N–H and O–H groups in total. The van der Waals surface area contributed by atoms with Crippen LogP contribution in [0.5, 0.6) is 0 Å². The van der Waals surface area contributed by atoms with Crippen LogP contribution in [0.25, 0.3) is 0 Å². The molecule has 8 heteroatoms. The molecule has 0 bridgehead atoms. The summed E-state index contributed by atoms with van der Waals surface area (Å²) >= 11 is 11.7. The van der Waals surface area contributed by atoms with Crippen LogP contribution < -0.4 is 5.32 Å². The number of nitrogens with one attached hydrogen (secondary N) is 1. The van der Waals surface area contributed by atoms with Crippen molar-refractivity contribution in [3.05, 3.63) is 51.9 Å². The van der Waals surface area contributed by atoms with Gasteiger partial charge in [-0.15, -0.1) is 0 Å². The highest BCUT2D eigenvalue weighted by atomic mass is 35.5. The Morgan fingerprint density at radius 3 is 2.55 bits per heavy atom. The van der Waals surface area contributed by atoms with Gasteiger partial charge >= 0.3 is 5.97 Å². The van der Waals surface area contributed by atoms with Gasteiger partial charge in [-0.25, -0.2) is 9.78 Å². The van der Waals surface area contributed by atoms with Crippen LogP contribution in [0.15, 0.2) is 30.7 Å². The number of amides is 1. The quantitative estimate of drug-likeness (QED) is 0.909. The third-order valence-corrected chi connectivity index (χ3v) is 3.13. The number of carbonyl (C=O) groups excluding carboxylic acids is 1. The number of nitrogens with zero attached hydrogens (tertiary/aromatic N) is 2. The summed E-state index contributed by atoms with van der Waals surface area (Å²) in [5.74, 6) is -1.62. The van der Waals surface area contributed by atoms with E-state index in [0.29, 0.717) is 0 Å². The first-order chi connectivity index (χ1) is 9.49. The van der Waals surface area contributed by atoms with Crippen LogP contribution in [-0.4, -0.2) is 27.0 Å². The van der Waals surface area contributed by atoms with Gasteiger partial charge in [0.2, 0.25) is 0 Å². The van der Waals surface area contributed by atoms with Gasteiger partial charge < -0.3 is 10.4 Å². The van der Waals surface area contributed by atoms with Gasteiger partial charge in [0.05, 0.1) is 27.4 Å². The molecule has 0 spiro atoms. The zero-order valence-corrected chi connectivity index (χ0v) is 11.3. The minimum Gasteiger partial charge on any atom is -0.478 e. The van der Waals surface area contributed by atoms with Gasteiger partial charge in [-0.1, -0.05) is 23.2 Å². The number of hydrogen-bond acceptors (Lipinski definition) is 4. The fourth-order valence-corrected chi connectivity index (χ4v) is 1.84. The fraction of sp³-hybridized carbons (Fsp3) is 0. The number of benzene rings is 1. The molecule has 0 aliphatic heterocycles. The van der Waals surface area contributed by atoms with E-state index < -0.39 is 11.9 Å². The summed E-state index contributed by atoms with van der Waals surface area (Å²) in [5.41, 5.74) is -0.189. The lowest BCUT2D eigenvalue weighted by atomic mass is 10.1. The minimum atomic E-state index is -1.21. The number of carbonyl (C=O) groups is 2. The predicted octanol–water partition coefficient (Wildman–Crippen LogP) is 2.73. The van der Waals surface area contributed by atoms with Crippen molar-refractivity contribution in [1.82, 2.24) is 9.97 Å². The SMILES string of the molecule is O=C(O)c1cc(Cl)c(Cl)c(C(=O)Nc2cnccn2)c1. The van der Waals surface area contributed by atoms with E-state index in [1.54, 1.807) is 0 Å². The van der Waals surface area contributed by atoms with E-state index in [9.17, 15) is 9.59 Å². The zero-order valence-electron chi connectivity index (χ0n) is 9.80. The highest BCUT2D eigenvalue weighted by Crippen LogP contribution is 2.28. The van der Waals surface area contributed by atoms with E-state index in [1.165, 1.54) is 24.7 Å². The predicted molar refractivity (Wildman–Crippen MR) is 73.4 cm³/mol. The molecule has 0 fully saturated rings. The lowest BCUT2D eigenvalue weighted by Gasteiger charge is -2.08. The van der Waals surface area contributed by atoms with Crippen molar-refractivity contribution in [2.24, 2.45) is 0 Å². The molecule has 20 heavy (non-hydrogen) atoms. The van der Waals surface area contributed by atoms with Crippen molar-refractivity contribution in [2.45, 2.75) is 0 Å². The van der Waals surface area contributed by atoms with Gasteiger partial charge in [-0.3, -0.25) is 9.78 Å². The number of hydrogen-bond donors (Lipinski definition) is 2. The fourth-order valence-electron chi connectivity index (χ4n) is 1.43. The summed E-state index contributed by atoms with van der Waals surface area (Å²) in [4.78, 5) is 30.6. The van der Waals surface area contributed by atoms with Crippen LogP contribution in [0.4, 0.5) is 5.82 Å². The topological polar surface area (TPSA) is 92.2 Å². The van der Waals surface area contributed by atoms with E-state index in [0.717, 1.165) is 6.07 Å². The van der Waals surface area contributed by atoms with Crippen LogP contribution >= 0.6 is 23.2 Å². The summed E-state index contributed by atoms with van der Waals surface area (Å²) in [6, 6.07) is 2.31. The van der Waals surface area contributed by atoms with Gasteiger partial charge in [0.15, 0.2) is 5.82 Å². The van der Waals surface area contributed by atoms with Crippen molar-refractivity contribution < 1.29 is 14.7 Å². The molecule has 6 nitrogen and oxygen atoms in total. The summed E-state index contributed by atoms with van der Waals surface area (Å²) in [6.07, 6.45) is 4.19. The summed E-state index contributed by atoms with van der Waals surface area (Å²) < 4.78 is 0. The molecule has 2 aromatic rings. The van der Waals surface area contributed by atoms with Gasteiger partial charge in [0, 0.05) is 12.4 Å². The van der Waals surface area contributed by atoms with E-state index in [4.69, 9.17) is 28.3 Å². The first-order valence-electron chi connectivity index (χ1n) is 5.28. The van der Waals surface area contributed by atoms with Crippen molar-refractivity contribution in [3.63, 3.8) is 0 Å². The largest absolute Gasteiger partial charge is 0.478 e. The third kappa shape index (κ3) is 3.04. The molecule has 1 aromatic heterocycles. The number of carboxylic acids is 1. The van der Waals surface area contributed by atoms with Crippen molar-refractivity contribution in [3.8, 4) is 0 Å². The molecule has 2 rings (SSSR count). The Morgan fingerprint density at radius 2 is 1.95 bits per heavy atom. The number of rotatable bonds is 3. The van der Waals surface area contributed by atoms with Gasteiger partial charge in [-0.05, 0) is 12.1 Å². The second-order valence-electron chi connectivity index (χ2n) is 3.67. The highest BCUT2D eigenvalue weighted by molar-refractivity contribution is 6.44. The maximum atomic E-state index is 12.0. The third-order valence-electron chi connectivity index (χ3n) is 2.32. The number of aromatic nitrogens is 2. The molecule has 0 atom stereocenters. The van der Waals surface area contributed by atoms with Crippen molar-refractivity contribution in [2.75, 3.05) is 5.32 Å². The standard InChI is InChI=1S/C12H7Cl2N3O3/c13-8-4-6(12(19)20)3-7(10(8)14)11(18)17-9-5-15-1-2-16-9/h1-5H,(H,19,20)(H,16,17,18). The van der Waals surface area contributed by atoms with Gasteiger partial charge in [-0.2, -0.15) is 0 Å². The van der Waals surface area contributed by atoms with E-state index in [2.05, 4.69) is 15.3 Å².